The maximum absolute atomic E-state index is 12.8. The van der Waals surface area contributed by atoms with Gasteiger partial charge in [0.25, 0.3) is 0 Å². The summed E-state index contributed by atoms with van der Waals surface area (Å²) in [6, 6.07) is 1.50. The Labute approximate surface area is 96.9 Å². The molecule has 0 saturated heterocycles. The molecule has 0 fully saturated rings. The largest absolute Gasteiger partial charge is 0.433 e. The first kappa shape index (κ1) is 11.7. The number of hydrogen-bond acceptors (Lipinski definition) is 2. The minimum absolute atomic E-state index is 0.0633. The van der Waals surface area contributed by atoms with Crippen LogP contribution in [0.5, 0.6) is 0 Å². The maximum atomic E-state index is 12.8. The van der Waals surface area contributed by atoms with E-state index in [4.69, 9.17) is 0 Å². The Bertz CT molecular complexity index is 501. The predicted molar refractivity (Wildman–Crippen MR) is 59.8 cm³/mol. The molecule has 0 spiro atoms. The third-order valence-electron chi connectivity index (χ3n) is 2.51. The van der Waals surface area contributed by atoms with Crippen molar-refractivity contribution in [3.8, 4) is 0 Å². The molecule has 0 bridgehead atoms. The zero-order valence-electron chi connectivity index (χ0n) is 9.23. The van der Waals surface area contributed by atoms with E-state index in [1.165, 1.54) is 12.1 Å². The lowest BCUT2D eigenvalue weighted by Crippen LogP contribution is -2.17. The SMILES string of the molecule is C=C(C)c1cc2c(nc1C(F)(F)F)C=CNC2. The Morgan fingerprint density at radius 2 is 2.18 bits per heavy atom. The molecule has 2 nitrogen and oxygen atoms in total. The molecule has 2 heterocycles. The highest BCUT2D eigenvalue weighted by Crippen LogP contribution is 2.34. The Morgan fingerprint density at radius 1 is 1.47 bits per heavy atom. The second-order valence-corrected chi connectivity index (χ2v) is 3.92. The first-order valence-electron chi connectivity index (χ1n) is 5.06. The van der Waals surface area contributed by atoms with Gasteiger partial charge in [-0.3, -0.25) is 0 Å². The van der Waals surface area contributed by atoms with Crippen molar-refractivity contribution in [2.75, 3.05) is 0 Å². The van der Waals surface area contributed by atoms with Crippen LogP contribution in [0.25, 0.3) is 11.6 Å². The van der Waals surface area contributed by atoms with Crippen LogP contribution in [0.1, 0.15) is 29.4 Å². The van der Waals surface area contributed by atoms with E-state index in [9.17, 15) is 13.2 Å². The number of nitrogens with one attached hydrogen (secondary N) is 1. The number of halogens is 3. The molecule has 1 aliphatic heterocycles. The summed E-state index contributed by atoms with van der Waals surface area (Å²) in [6.07, 6.45) is -1.33. The van der Waals surface area contributed by atoms with Gasteiger partial charge in [-0.05, 0) is 36.4 Å². The standard InChI is InChI=1S/C12H11F3N2/c1-7(2)9-5-8-6-16-4-3-10(8)17-11(9)12(13,14)15/h3-5,16H,1,6H2,2H3. The highest BCUT2D eigenvalue weighted by molar-refractivity contribution is 5.67. The van der Waals surface area contributed by atoms with Gasteiger partial charge >= 0.3 is 6.18 Å². The number of rotatable bonds is 1. The zero-order chi connectivity index (χ0) is 12.6. The van der Waals surface area contributed by atoms with E-state index in [0.717, 1.165) is 5.56 Å². The van der Waals surface area contributed by atoms with Crippen molar-refractivity contribution in [3.63, 3.8) is 0 Å². The summed E-state index contributed by atoms with van der Waals surface area (Å²) < 4.78 is 38.5. The summed E-state index contributed by atoms with van der Waals surface area (Å²) in [5.41, 5.74) is 0.672. The molecule has 5 heteroatoms. The van der Waals surface area contributed by atoms with Gasteiger partial charge in [0.2, 0.25) is 0 Å². The number of aromatic nitrogens is 1. The number of fused-ring (bicyclic) bond motifs is 1. The van der Waals surface area contributed by atoms with Crippen LogP contribution in [0.15, 0.2) is 18.8 Å². The third-order valence-corrected chi connectivity index (χ3v) is 2.51. The van der Waals surface area contributed by atoms with Gasteiger partial charge in [0.1, 0.15) is 0 Å². The zero-order valence-corrected chi connectivity index (χ0v) is 9.23. The first-order chi connectivity index (χ1) is 7.89. The molecular formula is C12H11F3N2. The minimum atomic E-state index is -4.46. The topological polar surface area (TPSA) is 24.9 Å². The lowest BCUT2D eigenvalue weighted by Gasteiger charge is -2.18. The molecular weight excluding hydrogens is 229 g/mol. The van der Waals surface area contributed by atoms with Crippen LogP contribution < -0.4 is 5.32 Å². The first-order valence-corrected chi connectivity index (χ1v) is 5.06. The molecule has 90 valence electrons. The molecule has 1 N–H and O–H groups in total. The molecule has 1 aromatic rings. The molecule has 0 atom stereocenters. The summed E-state index contributed by atoms with van der Waals surface area (Å²) >= 11 is 0. The average Bonchev–Trinajstić information content (AvgIpc) is 2.26. The molecule has 1 aromatic heterocycles. The van der Waals surface area contributed by atoms with Gasteiger partial charge in [0.15, 0.2) is 5.69 Å². The Morgan fingerprint density at radius 3 is 2.76 bits per heavy atom. The van der Waals surface area contributed by atoms with Crippen LogP contribution >= 0.6 is 0 Å². The van der Waals surface area contributed by atoms with Crippen molar-refractivity contribution >= 4 is 11.6 Å². The summed E-state index contributed by atoms with van der Waals surface area (Å²) in [5, 5.41) is 2.93. The van der Waals surface area contributed by atoms with E-state index in [0.29, 0.717) is 17.8 Å². The van der Waals surface area contributed by atoms with Crippen LogP contribution in [-0.2, 0) is 12.7 Å². The fourth-order valence-corrected chi connectivity index (χ4v) is 1.70. The lowest BCUT2D eigenvalue weighted by atomic mass is 10.0. The normalized spacial score (nSPS) is 14.1. The monoisotopic (exact) mass is 240 g/mol. The van der Waals surface area contributed by atoms with Crippen LogP contribution in [0.3, 0.4) is 0 Å². The summed E-state index contributed by atoms with van der Waals surface area (Å²) in [5.74, 6) is 0. The summed E-state index contributed by atoms with van der Waals surface area (Å²) in [7, 11) is 0. The van der Waals surface area contributed by atoms with Crippen molar-refractivity contribution < 1.29 is 13.2 Å². The number of pyridine rings is 1. The molecule has 0 radical (unpaired) electrons. The van der Waals surface area contributed by atoms with Gasteiger partial charge in [0.05, 0.1) is 5.69 Å². The second-order valence-electron chi connectivity index (χ2n) is 3.92. The Kier molecular flexibility index (Phi) is 2.69. The fraction of sp³-hybridized carbons (Fsp3) is 0.250. The fourth-order valence-electron chi connectivity index (χ4n) is 1.70. The van der Waals surface area contributed by atoms with E-state index >= 15 is 0 Å². The number of allylic oxidation sites excluding steroid dienone is 1. The third kappa shape index (κ3) is 2.18. The van der Waals surface area contributed by atoms with Crippen molar-refractivity contribution in [1.82, 2.24) is 10.3 Å². The summed E-state index contributed by atoms with van der Waals surface area (Å²) in [6.45, 7) is 5.60. The lowest BCUT2D eigenvalue weighted by molar-refractivity contribution is -0.141. The van der Waals surface area contributed by atoms with Gasteiger partial charge in [-0.25, -0.2) is 4.98 Å². The van der Waals surface area contributed by atoms with Crippen LogP contribution in [0.4, 0.5) is 13.2 Å². The molecule has 0 saturated carbocycles. The molecule has 2 rings (SSSR count). The van der Waals surface area contributed by atoms with E-state index < -0.39 is 11.9 Å². The van der Waals surface area contributed by atoms with E-state index in [1.54, 1.807) is 13.1 Å². The highest BCUT2D eigenvalue weighted by atomic mass is 19.4. The maximum Gasteiger partial charge on any atom is 0.433 e. The Balaban J connectivity index is 2.66. The number of hydrogen-bond donors (Lipinski definition) is 1. The second kappa shape index (κ2) is 3.91. The van der Waals surface area contributed by atoms with Crippen LogP contribution in [-0.4, -0.2) is 4.98 Å². The Hall–Kier alpha value is -1.78. The van der Waals surface area contributed by atoms with Crippen LogP contribution in [0.2, 0.25) is 0 Å². The van der Waals surface area contributed by atoms with Gasteiger partial charge in [0, 0.05) is 12.1 Å². The highest BCUT2D eigenvalue weighted by Gasteiger charge is 2.36. The molecule has 0 unspecified atom stereocenters. The quantitative estimate of drug-likeness (QED) is 0.815. The van der Waals surface area contributed by atoms with Gasteiger partial charge in [-0.1, -0.05) is 6.58 Å². The molecule has 17 heavy (non-hydrogen) atoms. The van der Waals surface area contributed by atoms with Gasteiger partial charge < -0.3 is 5.32 Å². The smallest absolute Gasteiger partial charge is 0.387 e. The van der Waals surface area contributed by atoms with Crippen molar-refractivity contribution in [3.05, 3.63) is 41.4 Å². The number of nitrogens with zero attached hydrogens (tertiary/aromatic N) is 1. The van der Waals surface area contributed by atoms with E-state index in [2.05, 4.69) is 16.9 Å². The van der Waals surface area contributed by atoms with E-state index in [1.807, 2.05) is 0 Å². The average molecular weight is 240 g/mol. The predicted octanol–water partition coefficient (Wildman–Crippen LogP) is 3.21. The van der Waals surface area contributed by atoms with Crippen molar-refractivity contribution in [1.29, 1.82) is 0 Å². The van der Waals surface area contributed by atoms with Crippen molar-refractivity contribution in [2.45, 2.75) is 19.6 Å². The van der Waals surface area contributed by atoms with Gasteiger partial charge in [-0.15, -0.1) is 0 Å². The van der Waals surface area contributed by atoms with Crippen molar-refractivity contribution in [2.24, 2.45) is 0 Å². The van der Waals surface area contributed by atoms with Gasteiger partial charge in [-0.2, -0.15) is 13.2 Å². The van der Waals surface area contributed by atoms with E-state index in [-0.39, 0.29) is 5.56 Å². The molecule has 0 aliphatic carbocycles. The number of alkyl halides is 3. The van der Waals surface area contributed by atoms with Crippen LogP contribution in [0, 0.1) is 0 Å². The summed E-state index contributed by atoms with van der Waals surface area (Å²) in [4.78, 5) is 3.69. The minimum Gasteiger partial charge on any atom is -0.387 e. The molecule has 0 amide bonds. The molecule has 0 aromatic carbocycles. The molecule has 1 aliphatic rings.